The zero-order valence-corrected chi connectivity index (χ0v) is 24.2. The van der Waals surface area contributed by atoms with Gasteiger partial charge in [-0.25, -0.2) is 16.8 Å². The Morgan fingerprint density at radius 1 is 0.756 bits per heavy atom. The van der Waals surface area contributed by atoms with E-state index in [1.54, 1.807) is 54.6 Å². The summed E-state index contributed by atoms with van der Waals surface area (Å²) in [7, 11) is -5.25. The van der Waals surface area contributed by atoms with Gasteiger partial charge in [0.25, 0.3) is 20.0 Å². The lowest BCUT2D eigenvalue weighted by Crippen LogP contribution is -2.38. The molecule has 2 N–H and O–H groups in total. The van der Waals surface area contributed by atoms with Gasteiger partial charge in [-0.05, 0) is 67.6 Å². The molecule has 0 radical (unpaired) electrons. The Kier molecular flexibility index (Phi) is 8.84. The van der Waals surface area contributed by atoms with Gasteiger partial charge in [-0.15, -0.1) is 0 Å². The summed E-state index contributed by atoms with van der Waals surface area (Å²) < 4.78 is 67.1. The monoisotopic (exact) mass is 595 g/mol. The van der Waals surface area contributed by atoms with Crippen LogP contribution in [-0.4, -0.2) is 43.5 Å². The van der Waals surface area contributed by atoms with Crippen LogP contribution in [0.2, 0.25) is 0 Å². The molecule has 4 aromatic carbocycles. The van der Waals surface area contributed by atoms with Crippen LogP contribution >= 0.6 is 0 Å². The highest BCUT2D eigenvalue weighted by atomic mass is 32.2. The second-order valence-corrected chi connectivity index (χ2v) is 12.5. The van der Waals surface area contributed by atoms with Crippen LogP contribution in [0.1, 0.15) is 5.56 Å². The van der Waals surface area contributed by atoms with Crippen molar-refractivity contribution in [3.05, 3.63) is 103 Å². The first-order valence-corrected chi connectivity index (χ1v) is 15.2. The first-order valence-electron chi connectivity index (χ1n) is 12.3. The van der Waals surface area contributed by atoms with E-state index < -0.39 is 32.5 Å². The molecule has 0 fully saturated rings. The Morgan fingerprint density at radius 2 is 1.39 bits per heavy atom. The highest BCUT2D eigenvalue weighted by Crippen LogP contribution is 2.35. The maximum absolute atomic E-state index is 13.8. The van der Waals surface area contributed by atoms with Crippen molar-refractivity contribution >= 4 is 43.0 Å². The summed E-state index contributed by atoms with van der Waals surface area (Å²) in [5, 5.41) is 2.64. The highest BCUT2D eigenvalue weighted by molar-refractivity contribution is 7.93. The summed E-state index contributed by atoms with van der Waals surface area (Å²) in [4.78, 5) is 13.2. The van der Waals surface area contributed by atoms with Crippen LogP contribution in [-0.2, 0) is 24.8 Å². The van der Waals surface area contributed by atoms with Crippen LogP contribution in [0.3, 0.4) is 0 Å². The second-order valence-electron chi connectivity index (χ2n) is 8.91. The predicted octanol–water partition coefficient (Wildman–Crippen LogP) is 4.65. The molecule has 0 unspecified atom stereocenters. The molecule has 0 saturated heterocycles. The number of anilines is 3. The Hall–Kier alpha value is -4.55. The fourth-order valence-corrected chi connectivity index (χ4v) is 6.38. The summed E-state index contributed by atoms with van der Waals surface area (Å²) in [6.07, 6.45) is 0. The third-order valence-corrected chi connectivity index (χ3v) is 9.20. The molecule has 12 heteroatoms. The lowest BCUT2D eigenvalue weighted by Gasteiger charge is -2.26. The minimum Gasteiger partial charge on any atom is -0.497 e. The number of ether oxygens (including phenoxy) is 2. The van der Waals surface area contributed by atoms with Crippen molar-refractivity contribution in [1.29, 1.82) is 0 Å². The molecule has 0 atom stereocenters. The molecule has 4 aromatic rings. The van der Waals surface area contributed by atoms with Gasteiger partial charge < -0.3 is 14.8 Å². The lowest BCUT2D eigenvalue weighted by molar-refractivity contribution is -0.114. The summed E-state index contributed by atoms with van der Waals surface area (Å²) in [6.45, 7) is 1.23. The SMILES string of the molecule is COc1ccc(OC)c(N(CC(=O)Nc2ccc(S(=O)(=O)Nc3ccccc3)cc2)S(=O)(=O)c2ccc(C)cc2)c1. The number of hydrogen-bond donors (Lipinski definition) is 2. The number of nitrogens with zero attached hydrogens (tertiary/aromatic N) is 1. The van der Waals surface area contributed by atoms with E-state index >= 15 is 0 Å². The van der Waals surface area contributed by atoms with Crippen molar-refractivity contribution in [2.24, 2.45) is 0 Å². The summed E-state index contributed by atoms with van der Waals surface area (Å²) >= 11 is 0. The molecule has 4 rings (SSSR count). The van der Waals surface area contributed by atoms with Gasteiger partial charge in [-0.1, -0.05) is 35.9 Å². The zero-order valence-electron chi connectivity index (χ0n) is 22.6. The van der Waals surface area contributed by atoms with E-state index in [0.29, 0.717) is 11.4 Å². The van der Waals surface area contributed by atoms with Gasteiger partial charge in [0.2, 0.25) is 5.91 Å². The van der Waals surface area contributed by atoms with Crippen LogP contribution in [0.4, 0.5) is 17.1 Å². The first-order chi connectivity index (χ1) is 19.5. The minimum atomic E-state index is -4.22. The van der Waals surface area contributed by atoms with Crippen LogP contribution in [0.15, 0.2) is 107 Å². The highest BCUT2D eigenvalue weighted by Gasteiger charge is 2.30. The van der Waals surface area contributed by atoms with Crippen molar-refractivity contribution in [3.63, 3.8) is 0 Å². The molecule has 0 bridgehead atoms. The number of aryl methyl sites for hydroxylation is 1. The number of carbonyl (C=O) groups excluding carboxylic acids is 1. The topological polar surface area (TPSA) is 131 Å². The summed E-state index contributed by atoms with van der Waals surface area (Å²) in [5.41, 5.74) is 1.67. The number of amides is 1. The maximum atomic E-state index is 13.8. The van der Waals surface area contributed by atoms with Crippen LogP contribution in [0.25, 0.3) is 0 Å². The standard InChI is InChI=1S/C29H29N3O7S2/c1-21-9-14-26(15-10-21)41(36,37)32(27-19-24(38-2)13-18-28(27)39-3)20-29(33)30-22-11-16-25(17-12-22)40(34,35)31-23-7-5-4-6-8-23/h4-19,31H,20H2,1-3H3,(H,30,33). The molecule has 0 aliphatic heterocycles. The smallest absolute Gasteiger partial charge is 0.264 e. The molecule has 0 saturated carbocycles. The van der Waals surface area contributed by atoms with Crippen LogP contribution in [0.5, 0.6) is 11.5 Å². The molecule has 0 heterocycles. The van der Waals surface area contributed by atoms with Crippen molar-refractivity contribution in [1.82, 2.24) is 0 Å². The molecule has 1 amide bonds. The fourth-order valence-electron chi connectivity index (χ4n) is 3.90. The van der Waals surface area contributed by atoms with E-state index in [1.807, 2.05) is 6.92 Å². The number of para-hydroxylation sites is 1. The normalized spacial score (nSPS) is 11.4. The van der Waals surface area contributed by atoms with Crippen molar-refractivity contribution < 1.29 is 31.1 Å². The quantitative estimate of drug-likeness (QED) is 0.258. The van der Waals surface area contributed by atoms with E-state index in [0.717, 1.165) is 9.87 Å². The molecule has 0 aromatic heterocycles. The van der Waals surface area contributed by atoms with E-state index in [4.69, 9.17) is 9.47 Å². The fraction of sp³-hybridized carbons (Fsp3) is 0.138. The first kappa shape index (κ1) is 29.4. The predicted molar refractivity (Wildman–Crippen MR) is 158 cm³/mol. The van der Waals surface area contributed by atoms with E-state index in [2.05, 4.69) is 10.0 Å². The number of methoxy groups -OCH3 is 2. The average molecular weight is 596 g/mol. The largest absolute Gasteiger partial charge is 0.497 e. The summed E-state index contributed by atoms with van der Waals surface area (Å²) in [5.74, 6) is -0.0791. The number of hydrogen-bond acceptors (Lipinski definition) is 7. The molecule has 0 spiro atoms. The zero-order chi connectivity index (χ0) is 29.6. The van der Waals surface area contributed by atoms with E-state index in [-0.39, 0.29) is 26.9 Å². The number of sulfonamides is 2. The number of nitrogens with one attached hydrogen (secondary N) is 2. The van der Waals surface area contributed by atoms with Gasteiger partial charge >= 0.3 is 0 Å². The van der Waals surface area contributed by atoms with Gasteiger partial charge in [-0.3, -0.25) is 13.8 Å². The number of benzene rings is 4. The molecule has 0 aliphatic carbocycles. The van der Waals surface area contributed by atoms with Gasteiger partial charge in [0.15, 0.2) is 0 Å². The third-order valence-electron chi connectivity index (χ3n) is 6.03. The second kappa shape index (κ2) is 12.3. The Balaban J connectivity index is 1.60. The molecule has 0 aliphatic rings. The van der Waals surface area contributed by atoms with Gasteiger partial charge in [0, 0.05) is 17.4 Å². The van der Waals surface area contributed by atoms with Crippen molar-refractivity contribution in [3.8, 4) is 11.5 Å². The molecule has 41 heavy (non-hydrogen) atoms. The van der Waals surface area contributed by atoms with Gasteiger partial charge in [0.1, 0.15) is 18.0 Å². The van der Waals surface area contributed by atoms with E-state index in [9.17, 15) is 21.6 Å². The Morgan fingerprint density at radius 3 is 2.00 bits per heavy atom. The Labute approximate surface area is 239 Å². The third kappa shape index (κ3) is 6.97. The molecule has 214 valence electrons. The van der Waals surface area contributed by atoms with Crippen LogP contribution in [0, 0.1) is 6.92 Å². The minimum absolute atomic E-state index is 0.0101. The molecular weight excluding hydrogens is 566 g/mol. The van der Waals surface area contributed by atoms with Crippen LogP contribution < -0.4 is 23.8 Å². The van der Waals surface area contributed by atoms with Crippen molar-refractivity contribution in [2.75, 3.05) is 35.1 Å². The van der Waals surface area contributed by atoms with Crippen molar-refractivity contribution in [2.45, 2.75) is 16.7 Å². The summed E-state index contributed by atoms with van der Waals surface area (Å²) in [6, 6.07) is 24.8. The van der Waals surface area contributed by atoms with E-state index in [1.165, 1.54) is 56.7 Å². The van der Waals surface area contributed by atoms with Gasteiger partial charge in [-0.2, -0.15) is 0 Å². The number of carbonyl (C=O) groups is 1. The number of rotatable bonds is 11. The molecule has 10 nitrogen and oxygen atoms in total. The Bertz CT molecular complexity index is 1730. The van der Waals surface area contributed by atoms with Gasteiger partial charge in [0.05, 0.1) is 29.7 Å². The lowest BCUT2D eigenvalue weighted by atomic mass is 10.2. The molecular formula is C29H29N3O7S2. The maximum Gasteiger partial charge on any atom is 0.264 e. The average Bonchev–Trinajstić information content (AvgIpc) is 2.96.